The highest BCUT2D eigenvalue weighted by Crippen LogP contribution is 2.26. The molecular weight excluding hydrogens is 303 g/mol. The first kappa shape index (κ1) is 14.4. The van der Waals surface area contributed by atoms with Crippen LogP contribution >= 0.6 is 23.2 Å². The molecule has 0 atom stereocenters. The van der Waals surface area contributed by atoms with Gasteiger partial charge in [0, 0.05) is 5.56 Å². The van der Waals surface area contributed by atoms with Gasteiger partial charge in [0.1, 0.15) is 17.1 Å². The van der Waals surface area contributed by atoms with Crippen molar-refractivity contribution in [3.63, 3.8) is 0 Å². The van der Waals surface area contributed by atoms with Crippen molar-refractivity contribution in [3.05, 3.63) is 40.3 Å². The first-order valence-corrected chi connectivity index (χ1v) is 6.19. The highest BCUT2D eigenvalue weighted by atomic mass is 35.5. The van der Waals surface area contributed by atoms with Gasteiger partial charge in [-0.15, -0.1) is 0 Å². The Morgan fingerprint density at radius 3 is 2.75 bits per heavy atom. The maximum absolute atomic E-state index is 12.1. The van der Waals surface area contributed by atoms with Gasteiger partial charge in [0.2, 0.25) is 0 Å². The molecule has 1 heterocycles. The number of nitrogens with one attached hydrogen (secondary N) is 1. The van der Waals surface area contributed by atoms with Crippen LogP contribution in [0.25, 0.3) is 0 Å². The van der Waals surface area contributed by atoms with Gasteiger partial charge in [-0.1, -0.05) is 23.2 Å². The van der Waals surface area contributed by atoms with Crippen molar-refractivity contribution in [2.75, 3.05) is 18.2 Å². The smallest absolute Gasteiger partial charge is 0.256 e. The Morgan fingerprint density at radius 1 is 1.35 bits per heavy atom. The van der Waals surface area contributed by atoms with Crippen molar-refractivity contribution in [2.24, 2.45) is 0 Å². The van der Waals surface area contributed by atoms with E-state index in [0.29, 0.717) is 17.0 Å². The molecule has 0 saturated carbocycles. The van der Waals surface area contributed by atoms with Crippen molar-refractivity contribution in [1.82, 2.24) is 9.97 Å². The van der Waals surface area contributed by atoms with Gasteiger partial charge in [0.15, 0.2) is 11.0 Å². The summed E-state index contributed by atoms with van der Waals surface area (Å²) in [5.74, 6) is 0.201. The zero-order valence-corrected chi connectivity index (χ0v) is 11.9. The number of halogens is 2. The molecule has 0 aliphatic rings. The summed E-state index contributed by atoms with van der Waals surface area (Å²) in [5.41, 5.74) is 6.43. The van der Waals surface area contributed by atoms with E-state index >= 15 is 0 Å². The van der Waals surface area contributed by atoms with Crippen molar-refractivity contribution >= 4 is 40.6 Å². The number of nitrogens with two attached hydrogens (primary N) is 1. The number of amides is 1. The van der Waals surface area contributed by atoms with Gasteiger partial charge in [0.25, 0.3) is 5.91 Å². The van der Waals surface area contributed by atoms with E-state index in [1.54, 1.807) is 12.1 Å². The fourth-order valence-electron chi connectivity index (χ4n) is 1.49. The molecule has 0 radical (unpaired) electrons. The van der Waals surface area contributed by atoms with Gasteiger partial charge in [-0.25, -0.2) is 9.97 Å². The predicted molar refractivity (Wildman–Crippen MR) is 77.4 cm³/mol. The molecule has 1 aromatic carbocycles. The lowest BCUT2D eigenvalue weighted by molar-refractivity contribution is 0.102. The number of rotatable bonds is 3. The van der Waals surface area contributed by atoms with E-state index in [1.807, 2.05) is 0 Å². The number of hydrogen-bond acceptors (Lipinski definition) is 5. The second-order valence-corrected chi connectivity index (χ2v) is 4.47. The number of methoxy groups -OCH3 is 1. The lowest BCUT2D eigenvalue weighted by Crippen LogP contribution is -2.14. The van der Waals surface area contributed by atoms with Crippen molar-refractivity contribution in [3.8, 4) is 5.75 Å². The Balaban J connectivity index is 2.24. The Labute approximate surface area is 124 Å². The first-order chi connectivity index (χ1) is 9.52. The van der Waals surface area contributed by atoms with Gasteiger partial charge >= 0.3 is 0 Å². The Bertz CT molecular complexity index is 664. The van der Waals surface area contributed by atoms with Crippen LogP contribution in [-0.2, 0) is 0 Å². The van der Waals surface area contributed by atoms with Crippen molar-refractivity contribution < 1.29 is 9.53 Å². The predicted octanol–water partition coefficient (Wildman–Crippen LogP) is 2.63. The molecular formula is C12H10Cl2N4O2. The van der Waals surface area contributed by atoms with E-state index in [1.165, 1.54) is 19.5 Å². The molecule has 0 aliphatic carbocycles. The molecule has 0 aliphatic heterocycles. The number of benzene rings is 1. The maximum Gasteiger partial charge on any atom is 0.256 e. The van der Waals surface area contributed by atoms with Gasteiger partial charge < -0.3 is 15.8 Å². The number of carbonyl (C=O) groups excluding carboxylic acids is 1. The zero-order chi connectivity index (χ0) is 14.7. The number of aromatic nitrogens is 2. The Kier molecular flexibility index (Phi) is 4.26. The van der Waals surface area contributed by atoms with Crippen molar-refractivity contribution in [2.45, 2.75) is 0 Å². The fourth-order valence-corrected chi connectivity index (χ4v) is 1.77. The van der Waals surface area contributed by atoms with E-state index in [0.717, 1.165) is 0 Å². The normalized spacial score (nSPS) is 10.2. The molecule has 2 aromatic rings. The van der Waals surface area contributed by atoms with Crippen LogP contribution in [0.4, 0.5) is 11.5 Å². The van der Waals surface area contributed by atoms with E-state index in [9.17, 15) is 4.79 Å². The molecule has 0 bridgehead atoms. The molecule has 8 heteroatoms. The molecule has 0 fully saturated rings. The van der Waals surface area contributed by atoms with E-state index in [2.05, 4.69) is 15.3 Å². The van der Waals surface area contributed by atoms with Crippen LogP contribution in [0.1, 0.15) is 10.4 Å². The number of nitrogen functional groups attached to an aromatic ring is 1. The lowest BCUT2D eigenvalue weighted by atomic mass is 10.2. The summed E-state index contributed by atoms with van der Waals surface area (Å²) in [6, 6.07) is 4.66. The lowest BCUT2D eigenvalue weighted by Gasteiger charge is -2.08. The largest absolute Gasteiger partial charge is 0.495 e. The fraction of sp³-hybridized carbons (Fsp3) is 0.0833. The summed E-state index contributed by atoms with van der Waals surface area (Å²) in [6.07, 6.45) is 1.20. The third-order valence-corrected chi connectivity index (χ3v) is 3.21. The van der Waals surface area contributed by atoms with Crippen LogP contribution in [0.15, 0.2) is 24.5 Å². The highest BCUT2D eigenvalue weighted by molar-refractivity contribution is 6.43. The molecule has 0 spiro atoms. The monoisotopic (exact) mass is 312 g/mol. The summed E-state index contributed by atoms with van der Waals surface area (Å²) in [5, 5.41) is 2.66. The van der Waals surface area contributed by atoms with Crippen LogP contribution in [0.2, 0.25) is 10.2 Å². The SMILES string of the molecule is COc1ccc(C(=O)Nc2ncnc(Cl)c2Cl)cc1N. The Hall–Kier alpha value is -2.05. The number of nitrogens with zero attached hydrogens (tertiary/aromatic N) is 2. The van der Waals surface area contributed by atoms with Gasteiger partial charge in [-0.3, -0.25) is 4.79 Å². The average Bonchev–Trinajstić information content (AvgIpc) is 2.43. The third-order valence-electron chi connectivity index (χ3n) is 2.47. The quantitative estimate of drug-likeness (QED) is 0.671. The minimum absolute atomic E-state index is 0.0613. The molecule has 2 rings (SSSR count). The molecule has 20 heavy (non-hydrogen) atoms. The Morgan fingerprint density at radius 2 is 2.10 bits per heavy atom. The van der Waals surface area contributed by atoms with Crippen molar-refractivity contribution in [1.29, 1.82) is 0 Å². The van der Waals surface area contributed by atoms with Crippen LogP contribution in [-0.4, -0.2) is 23.0 Å². The molecule has 0 unspecified atom stereocenters. The third kappa shape index (κ3) is 2.92. The minimum atomic E-state index is -0.420. The number of ether oxygens (including phenoxy) is 1. The van der Waals surface area contributed by atoms with Gasteiger partial charge in [0.05, 0.1) is 12.8 Å². The molecule has 0 saturated heterocycles. The molecule has 3 N–H and O–H groups in total. The standard InChI is InChI=1S/C12H10Cl2N4O2/c1-20-8-3-2-6(4-7(8)15)12(19)18-11-9(13)10(14)16-5-17-11/h2-5H,15H2,1H3,(H,16,17,18,19). The van der Waals surface area contributed by atoms with Crippen LogP contribution < -0.4 is 15.8 Å². The molecule has 1 aromatic heterocycles. The van der Waals surface area contributed by atoms with Crippen LogP contribution in [0, 0.1) is 0 Å². The van der Waals surface area contributed by atoms with Gasteiger partial charge in [-0.05, 0) is 18.2 Å². The van der Waals surface area contributed by atoms with E-state index in [4.69, 9.17) is 33.7 Å². The molecule has 104 valence electrons. The zero-order valence-electron chi connectivity index (χ0n) is 10.4. The number of carbonyl (C=O) groups is 1. The summed E-state index contributed by atoms with van der Waals surface area (Å²) in [6.45, 7) is 0. The summed E-state index contributed by atoms with van der Waals surface area (Å²) in [7, 11) is 1.49. The van der Waals surface area contributed by atoms with E-state index in [-0.39, 0.29) is 16.0 Å². The second kappa shape index (κ2) is 5.94. The van der Waals surface area contributed by atoms with E-state index < -0.39 is 5.91 Å². The minimum Gasteiger partial charge on any atom is -0.495 e. The highest BCUT2D eigenvalue weighted by Gasteiger charge is 2.13. The summed E-state index contributed by atoms with van der Waals surface area (Å²) in [4.78, 5) is 19.6. The summed E-state index contributed by atoms with van der Waals surface area (Å²) < 4.78 is 5.02. The number of hydrogen-bond donors (Lipinski definition) is 2. The average molecular weight is 313 g/mol. The van der Waals surface area contributed by atoms with Crippen LogP contribution in [0.3, 0.4) is 0 Å². The summed E-state index contributed by atoms with van der Waals surface area (Å²) >= 11 is 11.6. The topological polar surface area (TPSA) is 90.1 Å². The number of anilines is 2. The molecule has 1 amide bonds. The molecule has 6 nitrogen and oxygen atoms in total. The maximum atomic E-state index is 12.1. The van der Waals surface area contributed by atoms with Crippen LogP contribution in [0.5, 0.6) is 5.75 Å². The first-order valence-electron chi connectivity index (χ1n) is 5.43. The second-order valence-electron chi connectivity index (χ2n) is 3.74. The van der Waals surface area contributed by atoms with Gasteiger partial charge in [-0.2, -0.15) is 0 Å².